The van der Waals surface area contributed by atoms with E-state index in [9.17, 15) is 5.11 Å². The van der Waals surface area contributed by atoms with Crippen LogP contribution in [0.15, 0.2) is 24.3 Å². The topological polar surface area (TPSA) is 38.7 Å². The molecule has 0 heterocycles. The maximum Gasteiger partial charge on any atom is 0.125 e. The minimum absolute atomic E-state index is 0.110. The smallest absolute Gasteiger partial charge is 0.125 e. The largest absolute Gasteiger partial charge is 0.488 e. The molecule has 19 heavy (non-hydrogen) atoms. The van der Waals surface area contributed by atoms with Crippen LogP contribution in [0.25, 0.3) is 0 Å². The lowest BCUT2D eigenvalue weighted by Gasteiger charge is -2.38. The molecule has 1 fully saturated rings. The second kappa shape index (κ2) is 5.93. The van der Waals surface area contributed by atoms with Gasteiger partial charge in [-0.25, -0.2) is 0 Å². The molecule has 0 spiro atoms. The highest BCUT2D eigenvalue weighted by molar-refractivity contribution is 5.28. The lowest BCUT2D eigenvalue weighted by molar-refractivity contribution is -0.0305. The first-order valence-corrected chi connectivity index (χ1v) is 6.93. The molecule has 1 N–H and O–H groups in total. The van der Waals surface area contributed by atoms with Crippen LogP contribution in [0.1, 0.15) is 38.7 Å². The van der Waals surface area contributed by atoms with E-state index in [0.29, 0.717) is 6.61 Å². The fourth-order valence-corrected chi connectivity index (χ4v) is 2.68. The van der Waals surface area contributed by atoms with Gasteiger partial charge in [0.2, 0.25) is 0 Å². The number of hydrogen-bond acceptors (Lipinski definition) is 3. The lowest BCUT2D eigenvalue weighted by atomic mass is 9.75. The number of benzene rings is 1. The molecule has 0 amide bonds. The van der Waals surface area contributed by atoms with Gasteiger partial charge >= 0.3 is 0 Å². The van der Waals surface area contributed by atoms with Gasteiger partial charge in [-0.15, -0.1) is 0 Å². The zero-order valence-corrected chi connectivity index (χ0v) is 12.1. The van der Waals surface area contributed by atoms with E-state index in [1.54, 1.807) is 7.11 Å². The summed E-state index contributed by atoms with van der Waals surface area (Å²) < 4.78 is 11.1. The molecule has 0 bridgehead atoms. The van der Waals surface area contributed by atoms with E-state index in [1.165, 1.54) is 0 Å². The van der Waals surface area contributed by atoms with Crippen LogP contribution in [0.3, 0.4) is 0 Å². The molecule has 0 saturated heterocycles. The Labute approximate surface area is 115 Å². The van der Waals surface area contributed by atoms with Crippen molar-refractivity contribution in [3.63, 3.8) is 0 Å². The Kier molecular flexibility index (Phi) is 4.48. The third kappa shape index (κ3) is 3.95. The molecule has 0 radical (unpaired) electrons. The quantitative estimate of drug-likeness (QED) is 0.908. The van der Waals surface area contributed by atoms with Crippen molar-refractivity contribution in [1.82, 2.24) is 0 Å². The van der Waals surface area contributed by atoms with Crippen LogP contribution in [0.2, 0.25) is 0 Å². The van der Waals surface area contributed by atoms with E-state index in [-0.39, 0.29) is 17.6 Å². The summed E-state index contributed by atoms with van der Waals surface area (Å²) in [5.74, 6) is 0.816. The average Bonchev–Trinajstić information content (AvgIpc) is 2.35. The Bertz CT molecular complexity index is 414. The number of aliphatic hydroxyl groups is 1. The molecule has 2 unspecified atom stereocenters. The molecule has 2 rings (SSSR count). The van der Waals surface area contributed by atoms with Crippen LogP contribution < -0.4 is 4.74 Å². The highest BCUT2D eigenvalue weighted by Gasteiger charge is 2.35. The Morgan fingerprint density at radius 1 is 1.37 bits per heavy atom. The third-order valence-corrected chi connectivity index (χ3v) is 3.80. The van der Waals surface area contributed by atoms with Gasteiger partial charge in [-0.3, -0.25) is 0 Å². The van der Waals surface area contributed by atoms with Gasteiger partial charge in [-0.2, -0.15) is 0 Å². The predicted molar refractivity (Wildman–Crippen MR) is 75.2 cm³/mol. The molecule has 3 nitrogen and oxygen atoms in total. The lowest BCUT2D eigenvalue weighted by Crippen LogP contribution is -2.41. The fraction of sp³-hybridized carbons (Fsp3) is 0.625. The summed E-state index contributed by atoms with van der Waals surface area (Å²) in [5.41, 5.74) is 1.33. The van der Waals surface area contributed by atoms with Gasteiger partial charge in [0.05, 0.1) is 12.7 Å². The monoisotopic (exact) mass is 264 g/mol. The number of ether oxygens (including phenoxy) is 2. The summed E-state index contributed by atoms with van der Waals surface area (Å²) >= 11 is 0. The molecule has 1 aliphatic carbocycles. The maximum atomic E-state index is 10.1. The van der Waals surface area contributed by atoms with Crippen molar-refractivity contribution in [3.05, 3.63) is 29.8 Å². The molecule has 1 aliphatic rings. The number of methoxy groups -OCH3 is 1. The van der Waals surface area contributed by atoms with Crippen LogP contribution in [0, 0.1) is 5.41 Å². The van der Waals surface area contributed by atoms with E-state index in [4.69, 9.17) is 9.47 Å². The first kappa shape index (κ1) is 14.4. The second-order valence-electron chi connectivity index (χ2n) is 6.21. The van der Waals surface area contributed by atoms with Crippen LogP contribution in [0.5, 0.6) is 5.75 Å². The first-order chi connectivity index (χ1) is 9.00. The van der Waals surface area contributed by atoms with Crippen LogP contribution in [0.4, 0.5) is 0 Å². The predicted octanol–water partition coefficient (Wildman–Crippen LogP) is 3.15. The number of rotatable bonds is 4. The maximum absolute atomic E-state index is 10.1. The van der Waals surface area contributed by atoms with Crippen molar-refractivity contribution >= 4 is 0 Å². The highest BCUT2D eigenvalue weighted by Crippen LogP contribution is 2.37. The van der Waals surface area contributed by atoms with Crippen LogP contribution in [-0.4, -0.2) is 24.4 Å². The zero-order chi connectivity index (χ0) is 13.9. The summed E-state index contributed by atoms with van der Waals surface area (Å²) in [7, 11) is 1.68. The van der Waals surface area contributed by atoms with Gasteiger partial charge in [-0.1, -0.05) is 26.0 Å². The molecular weight excluding hydrogens is 240 g/mol. The average molecular weight is 264 g/mol. The van der Waals surface area contributed by atoms with Gasteiger partial charge in [-0.05, 0) is 42.4 Å². The van der Waals surface area contributed by atoms with E-state index >= 15 is 0 Å². The Hall–Kier alpha value is -1.06. The molecule has 106 valence electrons. The standard InChI is InChI=1S/C16H24O3/c1-16(2)8-7-14(17)15(10-16)19-13-6-4-5-12(9-13)11-18-3/h4-6,9,14-15,17H,7-8,10-11H2,1-3H3. The zero-order valence-electron chi connectivity index (χ0n) is 12.1. The van der Waals surface area contributed by atoms with Gasteiger partial charge in [0, 0.05) is 7.11 Å². The molecule has 3 heteroatoms. The minimum Gasteiger partial charge on any atom is -0.488 e. The van der Waals surface area contributed by atoms with Crippen molar-refractivity contribution < 1.29 is 14.6 Å². The molecule has 1 saturated carbocycles. The summed E-state index contributed by atoms with van der Waals surface area (Å²) in [6.45, 7) is 5.04. The Morgan fingerprint density at radius 3 is 2.89 bits per heavy atom. The number of aliphatic hydroxyl groups excluding tert-OH is 1. The van der Waals surface area contributed by atoms with Gasteiger partial charge in [0.25, 0.3) is 0 Å². The molecule has 1 aromatic carbocycles. The molecular formula is C16H24O3. The van der Waals surface area contributed by atoms with Crippen LogP contribution >= 0.6 is 0 Å². The number of hydrogen-bond donors (Lipinski definition) is 1. The van der Waals surface area contributed by atoms with Gasteiger partial charge in [0.15, 0.2) is 0 Å². The molecule has 0 aromatic heterocycles. The van der Waals surface area contributed by atoms with Crippen molar-refractivity contribution in [3.8, 4) is 5.75 Å². The summed E-state index contributed by atoms with van der Waals surface area (Å²) in [5, 5.41) is 10.1. The first-order valence-electron chi connectivity index (χ1n) is 6.93. The SMILES string of the molecule is COCc1cccc(OC2CC(C)(C)CCC2O)c1. The Balaban J connectivity index is 2.05. The van der Waals surface area contributed by atoms with Crippen LogP contribution in [-0.2, 0) is 11.3 Å². The molecule has 0 aliphatic heterocycles. The third-order valence-electron chi connectivity index (χ3n) is 3.80. The van der Waals surface area contributed by atoms with E-state index in [2.05, 4.69) is 13.8 Å². The van der Waals surface area contributed by atoms with Crippen molar-refractivity contribution in [2.75, 3.05) is 7.11 Å². The van der Waals surface area contributed by atoms with Gasteiger partial charge in [0.1, 0.15) is 11.9 Å². The van der Waals surface area contributed by atoms with E-state index in [0.717, 1.165) is 30.6 Å². The summed E-state index contributed by atoms with van der Waals surface area (Å²) in [4.78, 5) is 0. The summed E-state index contributed by atoms with van der Waals surface area (Å²) in [6.07, 6.45) is 2.29. The summed E-state index contributed by atoms with van der Waals surface area (Å²) in [6, 6.07) is 7.90. The molecule has 1 aromatic rings. The van der Waals surface area contributed by atoms with E-state index in [1.807, 2.05) is 24.3 Å². The van der Waals surface area contributed by atoms with Crippen molar-refractivity contribution in [1.29, 1.82) is 0 Å². The fourth-order valence-electron chi connectivity index (χ4n) is 2.68. The second-order valence-corrected chi connectivity index (χ2v) is 6.21. The van der Waals surface area contributed by atoms with Crippen molar-refractivity contribution in [2.24, 2.45) is 5.41 Å². The molecule has 2 atom stereocenters. The van der Waals surface area contributed by atoms with Crippen molar-refractivity contribution in [2.45, 2.75) is 51.9 Å². The minimum atomic E-state index is -0.362. The van der Waals surface area contributed by atoms with E-state index < -0.39 is 0 Å². The highest BCUT2D eigenvalue weighted by atomic mass is 16.5. The Morgan fingerprint density at radius 2 is 2.16 bits per heavy atom. The normalized spacial score (nSPS) is 26.1. The van der Waals surface area contributed by atoms with Gasteiger partial charge < -0.3 is 14.6 Å².